The van der Waals surface area contributed by atoms with Crippen LogP contribution in [0.15, 0.2) is 12.4 Å². The smallest absolute Gasteiger partial charge is 0.131 e. The SMILES string of the molecule is CC(C)(C)Nc1cc(NCCO)ncn1. The summed E-state index contributed by atoms with van der Waals surface area (Å²) in [5, 5.41) is 14.9. The number of hydrogen-bond donors (Lipinski definition) is 3. The highest BCUT2D eigenvalue weighted by Gasteiger charge is 2.10. The molecule has 5 heteroatoms. The Morgan fingerprint density at radius 3 is 2.53 bits per heavy atom. The van der Waals surface area contributed by atoms with Crippen LogP contribution in [0.3, 0.4) is 0 Å². The van der Waals surface area contributed by atoms with Gasteiger partial charge in [0.2, 0.25) is 0 Å². The normalized spacial score (nSPS) is 11.2. The van der Waals surface area contributed by atoms with Crippen LogP contribution >= 0.6 is 0 Å². The Bertz CT molecular complexity index is 309. The summed E-state index contributed by atoms with van der Waals surface area (Å²) < 4.78 is 0. The van der Waals surface area contributed by atoms with Crippen molar-refractivity contribution in [2.75, 3.05) is 23.8 Å². The Morgan fingerprint density at radius 2 is 1.93 bits per heavy atom. The molecule has 0 atom stereocenters. The minimum Gasteiger partial charge on any atom is -0.395 e. The van der Waals surface area contributed by atoms with Crippen LogP contribution in [0.1, 0.15) is 20.8 Å². The average molecular weight is 210 g/mol. The molecule has 0 amide bonds. The van der Waals surface area contributed by atoms with Gasteiger partial charge in [0.05, 0.1) is 6.61 Å². The molecular formula is C10H18N4O. The fraction of sp³-hybridized carbons (Fsp3) is 0.600. The predicted octanol–water partition coefficient (Wildman–Crippen LogP) is 1.09. The lowest BCUT2D eigenvalue weighted by atomic mass is 10.1. The molecule has 0 saturated heterocycles. The van der Waals surface area contributed by atoms with Gasteiger partial charge in [-0.1, -0.05) is 0 Å². The molecule has 84 valence electrons. The quantitative estimate of drug-likeness (QED) is 0.694. The molecule has 0 aliphatic heterocycles. The summed E-state index contributed by atoms with van der Waals surface area (Å²) in [4.78, 5) is 8.14. The summed E-state index contributed by atoms with van der Waals surface area (Å²) in [6, 6.07) is 1.82. The van der Waals surface area contributed by atoms with Gasteiger partial charge in [0.25, 0.3) is 0 Å². The van der Waals surface area contributed by atoms with Crippen molar-refractivity contribution in [1.29, 1.82) is 0 Å². The fourth-order valence-electron chi connectivity index (χ4n) is 1.09. The zero-order valence-electron chi connectivity index (χ0n) is 9.41. The van der Waals surface area contributed by atoms with Gasteiger partial charge < -0.3 is 15.7 Å². The Kier molecular flexibility index (Phi) is 3.85. The van der Waals surface area contributed by atoms with E-state index in [2.05, 4.69) is 41.4 Å². The van der Waals surface area contributed by atoms with E-state index in [9.17, 15) is 0 Å². The Labute approximate surface area is 90.0 Å². The lowest BCUT2D eigenvalue weighted by Gasteiger charge is -2.21. The molecule has 0 fully saturated rings. The van der Waals surface area contributed by atoms with Crippen LogP contribution in [-0.4, -0.2) is 33.8 Å². The minimum absolute atomic E-state index is 0.0252. The predicted molar refractivity (Wildman–Crippen MR) is 61.0 cm³/mol. The topological polar surface area (TPSA) is 70.1 Å². The van der Waals surface area contributed by atoms with Gasteiger partial charge in [0, 0.05) is 18.2 Å². The molecule has 1 heterocycles. The monoisotopic (exact) mass is 210 g/mol. The highest BCUT2D eigenvalue weighted by atomic mass is 16.3. The van der Waals surface area contributed by atoms with Gasteiger partial charge in [0.15, 0.2) is 0 Å². The molecule has 1 aromatic rings. The van der Waals surface area contributed by atoms with Gasteiger partial charge >= 0.3 is 0 Å². The highest BCUT2D eigenvalue weighted by Crippen LogP contribution is 2.13. The molecule has 1 aromatic heterocycles. The summed E-state index contributed by atoms with van der Waals surface area (Å²) in [6.07, 6.45) is 1.49. The second kappa shape index (κ2) is 4.93. The van der Waals surface area contributed by atoms with E-state index >= 15 is 0 Å². The van der Waals surface area contributed by atoms with E-state index in [1.54, 1.807) is 0 Å². The van der Waals surface area contributed by atoms with Crippen molar-refractivity contribution in [3.63, 3.8) is 0 Å². The largest absolute Gasteiger partial charge is 0.395 e. The van der Waals surface area contributed by atoms with E-state index in [0.717, 1.165) is 5.82 Å². The molecule has 0 bridgehead atoms. The lowest BCUT2D eigenvalue weighted by molar-refractivity contribution is 0.311. The molecular weight excluding hydrogens is 192 g/mol. The van der Waals surface area contributed by atoms with Gasteiger partial charge in [-0.25, -0.2) is 9.97 Å². The van der Waals surface area contributed by atoms with E-state index in [0.29, 0.717) is 12.4 Å². The first kappa shape index (κ1) is 11.7. The van der Waals surface area contributed by atoms with Crippen LogP contribution < -0.4 is 10.6 Å². The maximum Gasteiger partial charge on any atom is 0.131 e. The molecule has 5 nitrogen and oxygen atoms in total. The minimum atomic E-state index is -0.0252. The fourth-order valence-corrected chi connectivity index (χ4v) is 1.09. The Hall–Kier alpha value is -1.36. The van der Waals surface area contributed by atoms with E-state index in [1.165, 1.54) is 6.33 Å². The molecule has 0 saturated carbocycles. The third-order valence-corrected chi connectivity index (χ3v) is 1.59. The van der Waals surface area contributed by atoms with Crippen LogP contribution in [-0.2, 0) is 0 Å². The standard InChI is InChI=1S/C10H18N4O/c1-10(2,3)14-9-6-8(11-4-5-15)12-7-13-9/h6-7,15H,4-5H2,1-3H3,(H2,11,12,13,14). The zero-order chi connectivity index (χ0) is 11.3. The number of nitrogens with zero attached hydrogens (tertiary/aromatic N) is 2. The van der Waals surface area contributed by atoms with E-state index in [4.69, 9.17) is 5.11 Å². The lowest BCUT2D eigenvalue weighted by Crippen LogP contribution is -2.26. The van der Waals surface area contributed by atoms with E-state index in [-0.39, 0.29) is 12.1 Å². The number of aromatic nitrogens is 2. The zero-order valence-corrected chi connectivity index (χ0v) is 9.41. The van der Waals surface area contributed by atoms with Gasteiger partial charge in [-0.05, 0) is 20.8 Å². The summed E-state index contributed by atoms with van der Waals surface area (Å²) in [7, 11) is 0. The number of nitrogens with one attached hydrogen (secondary N) is 2. The number of aliphatic hydroxyl groups excluding tert-OH is 1. The van der Waals surface area contributed by atoms with E-state index in [1.807, 2.05) is 6.07 Å². The molecule has 3 N–H and O–H groups in total. The van der Waals surface area contributed by atoms with Gasteiger partial charge in [-0.2, -0.15) is 0 Å². The molecule has 15 heavy (non-hydrogen) atoms. The number of rotatable bonds is 4. The van der Waals surface area contributed by atoms with Gasteiger partial charge in [-0.15, -0.1) is 0 Å². The van der Waals surface area contributed by atoms with Crippen molar-refractivity contribution < 1.29 is 5.11 Å². The van der Waals surface area contributed by atoms with Crippen LogP contribution in [0.2, 0.25) is 0 Å². The first-order valence-electron chi connectivity index (χ1n) is 4.96. The van der Waals surface area contributed by atoms with Gasteiger partial charge in [-0.3, -0.25) is 0 Å². The van der Waals surface area contributed by atoms with Crippen molar-refractivity contribution >= 4 is 11.6 Å². The highest BCUT2D eigenvalue weighted by molar-refractivity contribution is 5.47. The first-order chi connectivity index (χ1) is 7.01. The number of aliphatic hydroxyl groups is 1. The van der Waals surface area contributed by atoms with Crippen LogP contribution in [0.4, 0.5) is 11.6 Å². The summed E-state index contributed by atoms with van der Waals surface area (Å²) in [5.41, 5.74) is -0.0252. The van der Waals surface area contributed by atoms with Crippen molar-refractivity contribution in [3.8, 4) is 0 Å². The second-order valence-corrected chi connectivity index (χ2v) is 4.31. The van der Waals surface area contributed by atoms with Crippen molar-refractivity contribution in [1.82, 2.24) is 9.97 Å². The summed E-state index contributed by atoms with van der Waals surface area (Å²) in [6.45, 7) is 6.78. The molecule has 0 unspecified atom stereocenters. The van der Waals surface area contributed by atoms with Gasteiger partial charge in [0.1, 0.15) is 18.0 Å². The third-order valence-electron chi connectivity index (χ3n) is 1.59. The van der Waals surface area contributed by atoms with Crippen molar-refractivity contribution in [2.24, 2.45) is 0 Å². The molecule has 0 aromatic carbocycles. The van der Waals surface area contributed by atoms with Crippen LogP contribution in [0.5, 0.6) is 0 Å². The first-order valence-corrected chi connectivity index (χ1v) is 4.96. The van der Waals surface area contributed by atoms with Crippen LogP contribution in [0, 0.1) is 0 Å². The molecule has 0 radical (unpaired) electrons. The summed E-state index contributed by atoms with van der Waals surface area (Å²) >= 11 is 0. The average Bonchev–Trinajstić information content (AvgIpc) is 2.12. The second-order valence-electron chi connectivity index (χ2n) is 4.31. The maximum absolute atomic E-state index is 8.66. The summed E-state index contributed by atoms with van der Waals surface area (Å²) in [5.74, 6) is 1.49. The third kappa shape index (κ3) is 4.60. The maximum atomic E-state index is 8.66. The number of anilines is 2. The molecule has 0 aliphatic rings. The van der Waals surface area contributed by atoms with E-state index < -0.39 is 0 Å². The number of hydrogen-bond acceptors (Lipinski definition) is 5. The molecule has 0 spiro atoms. The Balaban J connectivity index is 2.66. The van der Waals surface area contributed by atoms with Crippen molar-refractivity contribution in [2.45, 2.75) is 26.3 Å². The Morgan fingerprint density at radius 1 is 1.27 bits per heavy atom. The van der Waals surface area contributed by atoms with Crippen LogP contribution in [0.25, 0.3) is 0 Å². The molecule has 1 rings (SSSR count). The van der Waals surface area contributed by atoms with Crippen molar-refractivity contribution in [3.05, 3.63) is 12.4 Å². The molecule has 0 aliphatic carbocycles.